The van der Waals surface area contributed by atoms with Crippen LogP contribution in [0, 0.1) is 11.5 Å². The van der Waals surface area contributed by atoms with Crippen molar-refractivity contribution >= 4 is 20.4 Å². The van der Waals surface area contributed by atoms with Crippen LogP contribution in [0.5, 0.6) is 0 Å². The molecule has 0 aliphatic carbocycles. The van der Waals surface area contributed by atoms with Gasteiger partial charge < -0.3 is 13.3 Å². The van der Waals surface area contributed by atoms with Gasteiger partial charge in [0.2, 0.25) is 0 Å². The molecule has 92 valence electrons. The van der Waals surface area contributed by atoms with E-state index in [2.05, 4.69) is 11.5 Å². The molecule has 1 saturated heterocycles. The summed E-state index contributed by atoms with van der Waals surface area (Å²) in [4.78, 5) is 0. The number of rotatable bonds is 2. The molecule has 3 nitrogen and oxygen atoms in total. The van der Waals surface area contributed by atoms with E-state index in [9.17, 15) is 0 Å². The average Bonchev–Trinajstić information content (AvgIpc) is 2.12. The van der Waals surface area contributed by atoms with Gasteiger partial charge in [0.15, 0.2) is 0 Å². The molecule has 1 fully saturated rings. The fraction of sp³-hybridized carbons (Fsp3) is 0.818. The highest BCUT2D eigenvalue weighted by molar-refractivity contribution is 6.70. The summed E-state index contributed by atoms with van der Waals surface area (Å²) in [7, 11) is -2.85. The van der Waals surface area contributed by atoms with Crippen LogP contribution in [0.1, 0.15) is 34.1 Å². The SMILES string of the molecule is CCO[Si]1(C#CCCl)OC(C)CC(C)(C)O1. The highest BCUT2D eigenvalue weighted by Crippen LogP contribution is 2.31. The molecule has 16 heavy (non-hydrogen) atoms. The van der Waals surface area contributed by atoms with E-state index in [0.717, 1.165) is 6.42 Å². The molecular weight excluding hydrogens is 244 g/mol. The van der Waals surface area contributed by atoms with Gasteiger partial charge in [-0.1, -0.05) is 5.92 Å². The molecule has 1 heterocycles. The molecule has 0 radical (unpaired) electrons. The zero-order valence-electron chi connectivity index (χ0n) is 10.3. The molecule has 0 spiro atoms. The molecule has 1 rings (SSSR count). The summed E-state index contributed by atoms with van der Waals surface area (Å²) < 4.78 is 17.4. The van der Waals surface area contributed by atoms with Crippen LogP contribution in [0.3, 0.4) is 0 Å². The van der Waals surface area contributed by atoms with E-state index in [1.54, 1.807) is 0 Å². The molecule has 0 bridgehead atoms. The van der Waals surface area contributed by atoms with E-state index in [0.29, 0.717) is 6.61 Å². The van der Waals surface area contributed by atoms with Crippen LogP contribution in [-0.4, -0.2) is 33.0 Å². The third-order valence-electron chi connectivity index (χ3n) is 2.19. The molecule has 0 aromatic carbocycles. The molecule has 5 heteroatoms. The lowest BCUT2D eigenvalue weighted by Crippen LogP contribution is -2.57. The van der Waals surface area contributed by atoms with Crippen LogP contribution in [0.15, 0.2) is 0 Å². The minimum atomic E-state index is -2.85. The van der Waals surface area contributed by atoms with Gasteiger partial charge in [0.1, 0.15) is 0 Å². The maximum absolute atomic E-state index is 5.94. The normalized spacial score (nSPS) is 32.9. The molecule has 2 unspecified atom stereocenters. The fourth-order valence-electron chi connectivity index (χ4n) is 1.91. The first-order chi connectivity index (χ1) is 7.43. The maximum atomic E-state index is 5.94. The van der Waals surface area contributed by atoms with Crippen molar-refractivity contribution in [2.45, 2.75) is 45.8 Å². The van der Waals surface area contributed by atoms with Crippen LogP contribution in [0.4, 0.5) is 0 Å². The topological polar surface area (TPSA) is 27.7 Å². The van der Waals surface area contributed by atoms with Crippen molar-refractivity contribution in [1.82, 2.24) is 0 Å². The van der Waals surface area contributed by atoms with Crippen LogP contribution < -0.4 is 0 Å². The highest BCUT2D eigenvalue weighted by Gasteiger charge is 2.50. The molecule has 2 atom stereocenters. The fourth-order valence-corrected chi connectivity index (χ4v) is 4.56. The highest BCUT2D eigenvalue weighted by atomic mass is 35.5. The maximum Gasteiger partial charge on any atom is 0.592 e. The van der Waals surface area contributed by atoms with Crippen molar-refractivity contribution in [2.24, 2.45) is 0 Å². The molecule has 0 amide bonds. The van der Waals surface area contributed by atoms with Crippen molar-refractivity contribution in [2.75, 3.05) is 12.5 Å². The van der Waals surface area contributed by atoms with Gasteiger partial charge in [0, 0.05) is 6.61 Å². The van der Waals surface area contributed by atoms with E-state index in [-0.39, 0.29) is 17.6 Å². The van der Waals surface area contributed by atoms with E-state index in [1.165, 1.54) is 0 Å². The molecule has 0 aromatic heterocycles. The minimum absolute atomic E-state index is 0.103. The largest absolute Gasteiger partial charge is 0.592 e. The Balaban J connectivity index is 2.90. The summed E-state index contributed by atoms with van der Waals surface area (Å²) in [5.74, 6) is 3.07. The number of hydrogen-bond acceptors (Lipinski definition) is 3. The van der Waals surface area contributed by atoms with Crippen LogP contribution in [-0.2, 0) is 13.3 Å². The first-order valence-electron chi connectivity index (χ1n) is 5.51. The van der Waals surface area contributed by atoms with Gasteiger partial charge in [-0.25, -0.2) is 0 Å². The third kappa shape index (κ3) is 3.76. The quantitative estimate of drug-likeness (QED) is 0.434. The monoisotopic (exact) mass is 262 g/mol. The van der Waals surface area contributed by atoms with Crippen LogP contribution in [0.25, 0.3) is 0 Å². The average molecular weight is 263 g/mol. The number of halogens is 1. The van der Waals surface area contributed by atoms with Gasteiger partial charge in [0.05, 0.1) is 17.6 Å². The van der Waals surface area contributed by atoms with E-state index < -0.39 is 8.80 Å². The predicted octanol–water partition coefficient (Wildman–Crippen LogP) is 2.35. The predicted molar refractivity (Wildman–Crippen MR) is 66.2 cm³/mol. The molecule has 0 aromatic rings. The summed E-state index contributed by atoms with van der Waals surface area (Å²) in [6.07, 6.45) is 0.948. The second kappa shape index (κ2) is 5.52. The first-order valence-corrected chi connectivity index (χ1v) is 7.77. The Morgan fingerprint density at radius 3 is 2.75 bits per heavy atom. The molecule has 0 saturated carbocycles. The molecule has 1 aliphatic rings. The summed E-state index contributed by atoms with van der Waals surface area (Å²) in [6.45, 7) is 8.54. The van der Waals surface area contributed by atoms with Gasteiger partial charge >= 0.3 is 8.80 Å². The second-order valence-electron chi connectivity index (χ2n) is 4.42. The Hall–Kier alpha value is -0.0531. The first kappa shape index (κ1) is 14.0. The summed E-state index contributed by atoms with van der Waals surface area (Å²) >= 11 is 5.57. The van der Waals surface area contributed by atoms with Crippen molar-refractivity contribution in [3.8, 4) is 11.5 Å². The molecule has 1 aliphatic heterocycles. The Labute approximate surface area is 104 Å². The minimum Gasteiger partial charge on any atom is -0.364 e. The number of hydrogen-bond donors (Lipinski definition) is 0. The Bertz CT molecular complexity index is 297. The van der Waals surface area contributed by atoms with Crippen molar-refractivity contribution in [3.05, 3.63) is 0 Å². The van der Waals surface area contributed by atoms with Gasteiger partial charge in [-0.2, -0.15) is 0 Å². The Kier molecular flexibility index (Phi) is 4.83. The standard InChI is InChI=1S/C11H19ClO3Si/c1-5-13-16(8-6-7-12)14-10(2)9-11(3,4)15-16/h10H,5,7,9H2,1-4H3. The van der Waals surface area contributed by atoms with Gasteiger partial charge in [-0.15, -0.1) is 11.6 Å². The van der Waals surface area contributed by atoms with E-state index >= 15 is 0 Å². The van der Waals surface area contributed by atoms with Crippen molar-refractivity contribution < 1.29 is 13.3 Å². The third-order valence-corrected chi connectivity index (χ3v) is 5.01. The van der Waals surface area contributed by atoms with Gasteiger partial charge in [-0.3, -0.25) is 0 Å². The van der Waals surface area contributed by atoms with Crippen molar-refractivity contribution in [1.29, 1.82) is 0 Å². The van der Waals surface area contributed by atoms with E-state index in [4.69, 9.17) is 24.9 Å². The lowest BCUT2D eigenvalue weighted by Gasteiger charge is -2.42. The van der Waals surface area contributed by atoms with Crippen LogP contribution >= 0.6 is 11.6 Å². The van der Waals surface area contributed by atoms with Gasteiger partial charge in [-0.05, 0) is 39.7 Å². The smallest absolute Gasteiger partial charge is 0.364 e. The van der Waals surface area contributed by atoms with E-state index in [1.807, 2.05) is 27.7 Å². The lowest BCUT2D eigenvalue weighted by molar-refractivity contribution is -0.0804. The molecule has 0 N–H and O–H groups in total. The van der Waals surface area contributed by atoms with Crippen LogP contribution in [0.2, 0.25) is 0 Å². The summed E-state index contributed by atoms with van der Waals surface area (Å²) in [6, 6.07) is 0. The Morgan fingerprint density at radius 1 is 1.56 bits per heavy atom. The summed E-state index contributed by atoms with van der Waals surface area (Å²) in [5.41, 5.74) is 2.71. The number of alkyl halides is 1. The summed E-state index contributed by atoms with van der Waals surface area (Å²) in [5, 5.41) is 0. The zero-order valence-corrected chi connectivity index (χ0v) is 12.1. The Morgan fingerprint density at radius 2 is 2.25 bits per heavy atom. The molecular formula is C11H19ClO3Si. The van der Waals surface area contributed by atoms with Crippen molar-refractivity contribution in [3.63, 3.8) is 0 Å². The lowest BCUT2D eigenvalue weighted by atomic mass is 10.0. The van der Waals surface area contributed by atoms with Gasteiger partial charge in [0.25, 0.3) is 0 Å². The second-order valence-corrected chi connectivity index (χ2v) is 6.78. The zero-order chi connectivity index (χ0) is 12.2.